The Morgan fingerprint density at radius 1 is 0.949 bits per heavy atom. The molecule has 1 saturated heterocycles. The van der Waals surface area contributed by atoms with E-state index in [4.69, 9.17) is 0 Å². The molecule has 1 fully saturated rings. The average Bonchev–Trinajstić information content (AvgIpc) is 3.22. The van der Waals surface area contributed by atoms with E-state index in [9.17, 15) is 9.59 Å². The maximum Gasteiger partial charge on any atom is 0.265 e. The molecule has 0 spiro atoms. The minimum absolute atomic E-state index is 0.00469. The monoisotopic (exact) mass is 539 g/mol. The summed E-state index contributed by atoms with van der Waals surface area (Å²) >= 11 is 1.50. The molecule has 0 atom stereocenters. The summed E-state index contributed by atoms with van der Waals surface area (Å²) in [5, 5.41) is 3.06. The zero-order valence-corrected chi connectivity index (χ0v) is 23.7. The van der Waals surface area contributed by atoms with Crippen molar-refractivity contribution in [1.29, 1.82) is 0 Å². The van der Waals surface area contributed by atoms with Gasteiger partial charge in [0.25, 0.3) is 11.8 Å². The SMILES string of the molecule is Cc1ccc(C)c(CN2C(=O)C(=Cc3ccc(C(=O)NCCN4CCCCCC4)cc3)Sc3ccccc32)c1. The third kappa shape index (κ3) is 6.81. The molecule has 0 radical (unpaired) electrons. The van der Waals surface area contributed by atoms with Crippen molar-refractivity contribution in [3.63, 3.8) is 0 Å². The Hall–Kier alpha value is -3.35. The number of likely N-dealkylation sites (tertiary alicyclic amines) is 1. The third-order valence-corrected chi connectivity index (χ3v) is 8.63. The fourth-order valence-electron chi connectivity index (χ4n) is 5.23. The fraction of sp³-hybridized carbons (Fsp3) is 0.333. The number of nitrogens with zero attached hydrogens (tertiary/aromatic N) is 2. The Labute approximate surface area is 236 Å². The van der Waals surface area contributed by atoms with Crippen molar-refractivity contribution in [3.05, 3.63) is 99.5 Å². The van der Waals surface area contributed by atoms with Crippen LogP contribution in [0.15, 0.2) is 76.5 Å². The highest BCUT2D eigenvalue weighted by Crippen LogP contribution is 2.42. The van der Waals surface area contributed by atoms with E-state index >= 15 is 0 Å². The zero-order valence-electron chi connectivity index (χ0n) is 22.9. The van der Waals surface area contributed by atoms with Crippen molar-refractivity contribution in [2.75, 3.05) is 31.1 Å². The highest BCUT2D eigenvalue weighted by Gasteiger charge is 2.29. The van der Waals surface area contributed by atoms with Gasteiger partial charge in [-0.15, -0.1) is 0 Å². The van der Waals surface area contributed by atoms with Crippen LogP contribution in [0.5, 0.6) is 0 Å². The van der Waals surface area contributed by atoms with Crippen LogP contribution in [0.3, 0.4) is 0 Å². The van der Waals surface area contributed by atoms with Crippen molar-refractivity contribution in [2.45, 2.75) is 51.0 Å². The van der Waals surface area contributed by atoms with E-state index in [1.54, 1.807) is 0 Å². The van der Waals surface area contributed by atoms with E-state index in [1.807, 2.05) is 53.4 Å². The molecule has 0 aliphatic carbocycles. The number of aryl methyl sites for hydroxylation is 2. The van der Waals surface area contributed by atoms with Gasteiger partial charge in [-0.3, -0.25) is 9.59 Å². The van der Waals surface area contributed by atoms with Crippen LogP contribution in [0, 0.1) is 13.8 Å². The highest BCUT2D eigenvalue weighted by atomic mass is 32.2. The molecule has 0 bridgehead atoms. The van der Waals surface area contributed by atoms with Crippen LogP contribution in [-0.2, 0) is 11.3 Å². The van der Waals surface area contributed by atoms with E-state index in [0.717, 1.165) is 41.3 Å². The normalized spacial score (nSPS) is 17.1. The van der Waals surface area contributed by atoms with Gasteiger partial charge in [0.05, 0.1) is 17.1 Å². The first kappa shape index (κ1) is 27.2. The second-order valence-corrected chi connectivity index (χ2v) is 11.6. The topological polar surface area (TPSA) is 52.7 Å². The number of carbonyl (C=O) groups excluding carboxylic acids is 2. The van der Waals surface area contributed by atoms with E-state index in [2.05, 4.69) is 48.3 Å². The van der Waals surface area contributed by atoms with Crippen molar-refractivity contribution < 1.29 is 9.59 Å². The first-order valence-electron chi connectivity index (χ1n) is 13.9. The van der Waals surface area contributed by atoms with Gasteiger partial charge in [-0.25, -0.2) is 0 Å². The first-order chi connectivity index (χ1) is 19.0. The first-order valence-corrected chi connectivity index (χ1v) is 14.8. The molecular weight excluding hydrogens is 502 g/mol. The number of thioether (sulfide) groups is 1. The largest absolute Gasteiger partial charge is 0.351 e. The predicted octanol–water partition coefficient (Wildman–Crippen LogP) is 6.59. The van der Waals surface area contributed by atoms with Gasteiger partial charge in [-0.2, -0.15) is 0 Å². The highest BCUT2D eigenvalue weighted by molar-refractivity contribution is 8.04. The molecule has 2 aliphatic heterocycles. The minimum atomic E-state index is -0.0548. The lowest BCUT2D eigenvalue weighted by molar-refractivity contribution is -0.114. The summed E-state index contributed by atoms with van der Waals surface area (Å²) in [6.45, 7) is 8.51. The summed E-state index contributed by atoms with van der Waals surface area (Å²) in [5.41, 5.74) is 5.99. The molecule has 2 heterocycles. The van der Waals surface area contributed by atoms with E-state index in [0.29, 0.717) is 23.6 Å². The molecule has 39 heavy (non-hydrogen) atoms. The van der Waals surface area contributed by atoms with Crippen molar-refractivity contribution >= 4 is 35.3 Å². The molecule has 5 rings (SSSR count). The van der Waals surface area contributed by atoms with Crippen LogP contribution in [0.1, 0.15) is 58.3 Å². The van der Waals surface area contributed by atoms with Crippen LogP contribution in [0.2, 0.25) is 0 Å². The van der Waals surface area contributed by atoms with Crippen LogP contribution < -0.4 is 10.2 Å². The number of rotatable bonds is 7. The number of benzene rings is 3. The zero-order chi connectivity index (χ0) is 27.2. The number of para-hydroxylation sites is 1. The number of anilines is 1. The summed E-state index contributed by atoms with van der Waals surface area (Å²) in [5.74, 6) is -0.0595. The summed E-state index contributed by atoms with van der Waals surface area (Å²) in [4.78, 5) is 32.5. The summed E-state index contributed by atoms with van der Waals surface area (Å²) in [6.07, 6.45) is 7.06. The molecule has 6 heteroatoms. The van der Waals surface area contributed by atoms with Gasteiger partial charge in [0.15, 0.2) is 0 Å². The molecular formula is C33H37N3O2S. The molecule has 0 aromatic heterocycles. The molecule has 1 N–H and O–H groups in total. The van der Waals surface area contributed by atoms with Crippen molar-refractivity contribution in [1.82, 2.24) is 10.2 Å². The standard InChI is InChI=1S/C33H37N3O2S/c1-24-11-12-25(2)28(21-24)23-36-29-9-5-6-10-30(29)39-31(33(36)38)22-26-13-15-27(16-14-26)32(37)34-17-20-35-18-7-3-4-8-19-35/h5-6,9-16,21-22H,3-4,7-8,17-20,23H2,1-2H3,(H,34,37). The lowest BCUT2D eigenvalue weighted by Gasteiger charge is -2.31. The van der Waals surface area contributed by atoms with Crippen LogP contribution >= 0.6 is 11.8 Å². The molecule has 3 aromatic rings. The number of nitrogens with one attached hydrogen (secondary N) is 1. The molecule has 2 amide bonds. The van der Waals surface area contributed by atoms with Gasteiger partial charge in [-0.1, -0.05) is 72.6 Å². The Balaban J connectivity index is 1.28. The predicted molar refractivity (Wildman–Crippen MR) is 161 cm³/mol. The van der Waals surface area contributed by atoms with E-state index in [-0.39, 0.29) is 11.8 Å². The fourth-order valence-corrected chi connectivity index (χ4v) is 6.29. The summed E-state index contributed by atoms with van der Waals surface area (Å²) in [6, 6.07) is 22.0. The molecule has 2 aliphatic rings. The molecule has 0 saturated carbocycles. The van der Waals surface area contributed by atoms with Crippen LogP contribution in [0.25, 0.3) is 6.08 Å². The Bertz CT molecular complexity index is 1360. The van der Waals surface area contributed by atoms with Gasteiger partial charge >= 0.3 is 0 Å². The number of carbonyl (C=O) groups is 2. The van der Waals surface area contributed by atoms with Gasteiger partial charge in [0.2, 0.25) is 0 Å². The Morgan fingerprint density at radius 2 is 1.69 bits per heavy atom. The second-order valence-electron chi connectivity index (χ2n) is 10.5. The minimum Gasteiger partial charge on any atom is -0.351 e. The Morgan fingerprint density at radius 3 is 2.46 bits per heavy atom. The Kier molecular flexibility index (Phi) is 8.84. The van der Waals surface area contributed by atoms with E-state index < -0.39 is 0 Å². The van der Waals surface area contributed by atoms with Gasteiger partial charge in [0, 0.05) is 23.5 Å². The maximum absolute atomic E-state index is 13.7. The molecule has 5 nitrogen and oxygen atoms in total. The van der Waals surface area contributed by atoms with Gasteiger partial charge in [-0.05, 0) is 86.8 Å². The number of amides is 2. The van der Waals surface area contributed by atoms with Gasteiger partial charge in [0.1, 0.15) is 0 Å². The van der Waals surface area contributed by atoms with E-state index in [1.165, 1.54) is 48.6 Å². The average molecular weight is 540 g/mol. The second kappa shape index (κ2) is 12.7. The molecule has 202 valence electrons. The number of fused-ring (bicyclic) bond motifs is 1. The maximum atomic E-state index is 13.7. The number of hydrogen-bond donors (Lipinski definition) is 1. The lowest BCUT2D eigenvalue weighted by atomic mass is 10.0. The van der Waals surface area contributed by atoms with Crippen molar-refractivity contribution in [2.24, 2.45) is 0 Å². The quantitative estimate of drug-likeness (QED) is 0.344. The molecule has 3 aromatic carbocycles. The number of hydrogen-bond acceptors (Lipinski definition) is 4. The summed E-state index contributed by atoms with van der Waals surface area (Å²) < 4.78 is 0. The lowest BCUT2D eigenvalue weighted by Crippen LogP contribution is -2.35. The van der Waals surface area contributed by atoms with Gasteiger partial charge < -0.3 is 15.1 Å². The van der Waals surface area contributed by atoms with Crippen molar-refractivity contribution in [3.8, 4) is 0 Å². The van der Waals surface area contributed by atoms with Crippen LogP contribution in [-0.4, -0.2) is 42.9 Å². The smallest absolute Gasteiger partial charge is 0.265 e. The van der Waals surface area contributed by atoms with Crippen LogP contribution in [0.4, 0.5) is 5.69 Å². The summed E-state index contributed by atoms with van der Waals surface area (Å²) in [7, 11) is 0. The molecule has 0 unspecified atom stereocenters. The third-order valence-electron chi connectivity index (χ3n) is 7.55.